The van der Waals surface area contributed by atoms with Crippen molar-refractivity contribution in [2.24, 2.45) is 7.05 Å². The second kappa shape index (κ2) is 8.69. The van der Waals surface area contributed by atoms with Crippen LogP contribution in [0.15, 0.2) is 43.0 Å². The van der Waals surface area contributed by atoms with Crippen LogP contribution < -0.4 is 0 Å². The highest BCUT2D eigenvalue weighted by Crippen LogP contribution is 2.25. The smallest absolute Gasteiger partial charge is 0.354 e. The van der Waals surface area contributed by atoms with E-state index in [1.807, 2.05) is 6.07 Å². The van der Waals surface area contributed by atoms with Gasteiger partial charge in [0, 0.05) is 30.4 Å². The van der Waals surface area contributed by atoms with Crippen molar-refractivity contribution in [3.05, 3.63) is 71.1 Å². The Morgan fingerprint density at radius 2 is 1.82 bits per heavy atom. The van der Waals surface area contributed by atoms with Gasteiger partial charge in [-0.1, -0.05) is 24.3 Å². The lowest BCUT2D eigenvalue weighted by atomic mass is 9.99. The molecule has 0 N–H and O–H groups in total. The molecule has 0 saturated carbocycles. The first kappa shape index (κ1) is 21.2. The monoisotopic (exact) mass is 382 g/mol. The van der Waals surface area contributed by atoms with E-state index < -0.39 is 12.0 Å². The predicted octanol–water partition coefficient (Wildman–Crippen LogP) is 3.33. The van der Waals surface area contributed by atoms with Crippen LogP contribution in [0.2, 0.25) is 0 Å². The van der Waals surface area contributed by atoms with Gasteiger partial charge in [0.1, 0.15) is 5.69 Å². The average molecular weight is 382 g/mol. The minimum Gasteiger partial charge on any atom is -0.464 e. The van der Waals surface area contributed by atoms with Crippen LogP contribution in [0.25, 0.3) is 0 Å². The first-order valence-corrected chi connectivity index (χ1v) is 9.01. The SMILES string of the molecule is C=CCN(C(=O)c1ccccc1)C(C)C(=O)c1c(C)c(C(=O)OC)n(C)c1C. The molecule has 6 heteroatoms. The van der Waals surface area contributed by atoms with Gasteiger partial charge in [-0.2, -0.15) is 0 Å². The summed E-state index contributed by atoms with van der Waals surface area (Å²) in [6.07, 6.45) is 1.59. The van der Waals surface area contributed by atoms with E-state index in [4.69, 9.17) is 4.74 Å². The molecule has 0 aliphatic rings. The number of hydrogen-bond acceptors (Lipinski definition) is 4. The zero-order valence-corrected chi connectivity index (χ0v) is 17.0. The number of methoxy groups -OCH3 is 1. The second-order valence-electron chi connectivity index (χ2n) is 6.64. The summed E-state index contributed by atoms with van der Waals surface area (Å²) in [5, 5.41) is 0. The molecule has 1 unspecified atom stereocenters. The maximum atomic E-state index is 13.3. The lowest BCUT2D eigenvalue weighted by Gasteiger charge is -2.27. The Balaban J connectivity index is 2.45. The van der Waals surface area contributed by atoms with E-state index >= 15 is 0 Å². The summed E-state index contributed by atoms with van der Waals surface area (Å²) in [6.45, 7) is 9.12. The summed E-state index contributed by atoms with van der Waals surface area (Å²) in [5.41, 5.74) is 2.47. The summed E-state index contributed by atoms with van der Waals surface area (Å²) in [4.78, 5) is 39.9. The summed E-state index contributed by atoms with van der Waals surface area (Å²) >= 11 is 0. The fourth-order valence-corrected chi connectivity index (χ4v) is 3.38. The average Bonchev–Trinajstić information content (AvgIpc) is 2.93. The highest BCUT2D eigenvalue weighted by Gasteiger charge is 2.32. The van der Waals surface area contributed by atoms with Crippen LogP contribution in [-0.2, 0) is 11.8 Å². The maximum absolute atomic E-state index is 13.3. The molecule has 1 atom stereocenters. The van der Waals surface area contributed by atoms with Crippen molar-refractivity contribution in [1.29, 1.82) is 0 Å². The molecule has 6 nitrogen and oxygen atoms in total. The van der Waals surface area contributed by atoms with Crippen molar-refractivity contribution in [3.8, 4) is 0 Å². The molecule has 0 aliphatic carbocycles. The Morgan fingerprint density at radius 1 is 1.21 bits per heavy atom. The Labute approximate surface area is 165 Å². The fraction of sp³-hybridized carbons (Fsp3) is 0.318. The number of ketones is 1. The Bertz CT molecular complexity index is 912. The zero-order valence-electron chi connectivity index (χ0n) is 17.0. The predicted molar refractivity (Wildman–Crippen MR) is 108 cm³/mol. The number of hydrogen-bond donors (Lipinski definition) is 0. The first-order valence-electron chi connectivity index (χ1n) is 9.01. The van der Waals surface area contributed by atoms with Gasteiger partial charge in [0.2, 0.25) is 0 Å². The van der Waals surface area contributed by atoms with Crippen LogP contribution in [0.5, 0.6) is 0 Å². The fourth-order valence-electron chi connectivity index (χ4n) is 3.38. The van der Waals surface area contributed by atoms with Gasteiger partial charge in [-0.05, 0) is 38.5 Å². The largest absolute Gasteiger partial charge is 0.464 e. The molecule has 0 saturated heterocycles. The van der Waals surface area contributed by atoms with Crippen LogP contribution in [0, 0.1) is 13.8 Å². The van der Waals surface area contributed by atoms with Gasteiger partial charge in [-0.3, -0.25) is 9.59 Å². The summed E-state index contributed by atoms with van der Waals surface area (Å²) in [5.74, 6) is -0.981. The van der Waals surface area contributed by atoms with Crippen LogP contribution in [0.1, 0.15) is 49.4 Å². The molecule has 0 fully saturated rings. The number of amides is 1. The molecule has 2 aromatic rings. The number of carbonyl (C=O) groups excluding carboxylic acids is 3. The van der Waals surface area contributed by atoms with Crippen molar-refractivity contribution >= 4 is 17.7 Å². The van der Waals surface area contributed by atoms with Crippen LogP contribution in [0.4, 0.5) is 0 Å². The Kier molecular flexibility index (Phi) is 6.57. The molecular weight excluding hydrogens is 356 g/mol. The maximum Gasteiger partial charge on any atom is 0.354 e. The van der Waals surface area contributed by atoms with E-state index in [0.29, 0.717) is 28.1 Å². The minimum atomic E-state index is -0.726. The van der Waals surface area contributed by atoms with Gasteiger partial charge in [-0.15, -0.1) is 6.58 Å². The number of aromatic nitrogens is 1. The normalized spacial score (nSPS) is 11.6. The van der Waals surface area contributed by atoms with Crippen molar-refractivity contribution in [2.45, 2.75) is 26.8 Å². The number of ether oxygens (including phenoxy) is 1. The van der Waals surface area contributed by atoms with Gasteiger partial charge in [0.15, 0.2) is 5.78 Å². The van der Waals surface area contributed by atoms with Gasteiger partial charge in [-0.25, -0.2) is 4.79 Å². The molecule has 1 aromatic carbocycles. The van der Waals surface area contributed by atoms with Crippen molar-refractivity contribution in [1.82, 2.24) is 9.47 Å². The van der Waals surface area contributed by atoms with Crippen LogP contribution in [-0.4, -0.2) is 46.8 Å². The molecule has 2 rings (SSSR count). The second-order valence-corrected chi connectivity index (χ2v) is 6.64. The van der Waals surface area contributed by atoms with Crippen molar-refractivity contribution < 1.29 is 19.1 Å². The lowest BCUT2D eigenvalue weighted by Crippen LogP contribution is -2.43. The number of benzene rings is 1. The molecule has 0 bridgehead atoms. The van der Waals surface area contributed by atoms with E-state index in [1.165, 1.54) is 12.0 Å². The lowest BCUT2D eigenvalue weighted by molar-refractivity contribution is 0.0588. The summed E-state index contributed by atoms with van der Waals surface area (Å²) in [7, 11) is 3.02. The van der Waals surface area contributed by atoms with Gasteiger partial charge >= 0.3 is 5.97 Å². The van der Waals surface area contributed by atoms with Crippen LogP contribution >= 0.6 is 0 Å². The molecule has 0 aliphatic heterocycles. The van der Waals surface area contributed by atoms with E-state index in [0.717, 1.165) is 0 Å². The summed E-state index contributed by atoms with van der Waals surface area (Å²) in [6, 6.07) is 8.08. The highest BCUT2D eigenvalue weighted by molar-refractivity contribution is 6.07. The Hall–Kier alpha value is -3.15. The van der Waals surface area contributed by atoms with E-state index in [-0.39, 0.29) is 18.2 Å². The third-order valence-electron chi connectivity index (χ3n) is 5.01. The van der Waals surface area contributed by atoms with E-state index in [1.54, 1.807) is 62.7 Å². The number of nitrogens with zero attached hydrogens (tertiary/aromatic N) is 2. The molecule has 0 spiro atoms. The van der Waals surface area contributed by atoms with Gasteiger partial charge in [0.25, 0.3) is 5.91 Å². The molecule has 28 heavy (non-hydrogen) atoms. The quantitative estimate of drug-likeness (QED) is 0.418. The zero-order chi connectivity index (χ0) is 21.0. The standard InChI is InChI=1S/C22H26N2O4/c1-7-13-24(21(26)17-11-9-8-10-12-17)16(4)20(25)18-14(2)19(22(27)28-6)23(5)15(18)3/h7-12,16H,1,13H2,2-6H3. The van der Waals surface area contributed by atoms with Gasteiger partial charge in [0.05, 0.1) is 13.2 Å². The number of Topliss-reactive ketones (excluding diaryl/α,β-unsaturated/α-hetero) is 1. The summed E-state index contributed by atoms with van der Waals surface area (Å²) < 4.78 is 6.49. The van der Waals surface area contributed by atoms with E-state index in [2.05, 4.69) is 6.58 Å². The van der Waals surface area contributed by atoms with Crippen molar-refractivity contribution in [3.63, 3.8) is 0 Å². The van der Waals surface area contributed by atoms with E-state index in [9.17, 15) is 14.4 Å². The third kappa shape index (κ3) is 3.76. The first-order chi connectivity index (χ1) is 13.3. The number of rotatable bonds is 7. The highest BCUT2D eigenvalue weighted by atomic mass is 16.5. The number of carbonyl (C=O) groups is 3. The molecule has 148 valence electrons. The molecule has 0 radical (unpaired) electrons. The van der Waals surface area contributed by atoms with Gasteiger partial charge < -0.3 is 14.2 Å². The third-order valence-corrected chi connectivity index (χ3v) is 5.01. The topological polar surface area (TPSA) is 68.6 Å². The molecule has 1 amide bonds. The Morgan fingerprint density at radius 3 is 2.36 bits per heavy atom. The van der Waals surface area contributed by atoms with Crippen LogP contribution in [0.3, 0.4) is 0 Å². The molecule has 1 aromatic heterocycles. The van der Waals surface area contributed by atoms with Crippen molar-refractivity contribution in [2.75, 3.05) is 13.7 Å². The molecule has 1 heterocycles. The minimum absolute atomic E-state index is 0.230. The molecular formula is C22H26N2O4. The number of esters is 1.